The van der Waals surface area contributed by atoms with E-state index in [9.17, 15) is 4.79 Å². The molecule has 0 aromatic carbocycles. The summed E-state index contributed by atoms with van der Waals surface area (Å²) >= 11 is 0. The van der Waals surface area contributed by atoms with Crippen LogP contribution in [0, 0.1) is 0 Å². The summed E-state index contributed by atoms with van der Waals surface area (Å²) in [5.41, 5.74) is 3.79. The summed E-state index contributed by atoms with van der Waals surface area (Å²) in [6.07, 6.45) is 9.52. The summed E-state index contributed by atoms with van der Waals surface area (Å²) in [6.45, 7) is 2.59. The van der Waals surface area contributed by atoms with Crippen LogP contribution in [0.1, 0.15) is 25.3 Å². The quantitative estimate of drug-likeness (QED) is 0.898. The fourth-order valence-electron chi connectivity index (χ4n) is 2.62. The van der Waals surface area contributed by atoms with Crippen molar-refractivity contribution in [3.05, 3.63) is 47.8 Å². The number of likely N-dealkylation sites (N-methyl/N-ethyl adjacent to an activating group) is 1. The van der Waals surface area contributed by atoms with Crippen molar-refractivity contribution in [3.8, 4) is 0 Å². The van der Waals surface area contributed by atoms with Gasteiger partial charge >= 0.3 is 0 Å². The van der Waals surface area contributed by atoms with Crippen molar-refractivity contribution in [1.29, 1.82) is 0 Å². The lowest BCUT2D eigenvalue weighted by Crippen LogP contribution is -2.25. The van der Waals surface area contributed by atoms with Crippen molar-refractivity contribution in [2.75, 3.05) is 6.54 Å². The summed E-state index contributed by atoms with van der Waals surface area (Å²) in [7, 11) is 0. The number of fused-ring (bicyclic) bond motifs is 1. The zero-order chi connectivity index (χ0) is 13.9. The molecule has 3 rings (SSSR count). The number of carbonyl (C=O) groups is 1. The van der Waals surface area contributed by atoms with Gasteiger partial charge in [-0.2, -0.15) is 0 Å². The van der Waals surface area contributed by atoms with Crippen LogP contribution >= 0.6 is 0 Å². The first-order valence-electron chi connectivity index (χ1n) is 6.91. The number of carbonyl (C=O) groups excluding carboxylic acids is 1. The van der Waals surface area contributed by atoms with E-state index in [-0.39, 0.29) is 5.91 Å². The van der Waals surface area contributed by atoms with Gasteiger partial charge in [-0.3, -0.25) is 4.79 Å². The Morgan fingerprint density at radius 3 is 3.20 bits per heavy atom. The van der Waals surface area contributed by atoms with E-state index < -0.39 is 0 Å². The Labute approximate surface area is 117 Å². The summed E-state index contributed by atoms with van der Waals surface area (Å²) in [5, 5.41) is 3.95. The van der Waals surface area contributed by atoms with Gasteiger partial charge in [0.1, 0.15) is 5.65 Å². The van der Waals surface area contributed by atoms with E-state index in [2.05, 4.69) is 27.4 Å². The van der Waals surface area contributed by atoms with Crippen molar-refractivity contribution >= 4 is 22.5 Å². The zero-order valence-corrected chi connectivity index (χ0v) is 11.4. The molecule has 0 spiro atoms. The molecule has 1 aliphatic rings. The molecule has 0 saturated heterocycles. The molecule has 1 aliphatic carbocycles. The van der Waals surface area contributed by atoms with E-state index in [0.717, 1.165) is 40.6 Å². The fraction of sp³-hybridized carbons (Fsp3) is 0.250. The number of nitrogens with one attached hydrogen (secondary N) is 2. The zero-order valence-electron chi connectivity index (χ0n) is 11.4. The van der Waals surface area contributed by atoms with Crippen LogP contribution in [-0.4, -0.2) is 22.4 Å². The van der Waals surface area contributed by atoms with Crippen molar-refractivity contribution in [2.45, 2.75) is 19.8 Å². The molecule has 0 saturated carbocycles. The van der Waals surface area contributed by atoms with Gasteiger partial charge in [0.25, 0.3) is 0 Å². The Hall–Kier alpha value is -2.36. The lowest BCUT2D eigenvalue weighted by Gasteiger charge is -2.16. The lowest BCUT2D eigenvalue weighted by atomic mass is 9.91. The molecular formula is C16H17N3O. The van der Waals surface area contributed by atoms with E-state index in [1.165, 1.54) is 0 Å². The van der Waals surface area contributed by atoms with Crippen LogP contribution in [0.2, 0.25) is 0 Å². The molecule has 0 unspecified atom stereocenters. The Balaban J connectivity index is 2.16. The minimum absolute atomic E-state index is 0.0346. The third kappa shape index (κ3) is 2.13. The van der Waals surface area contributed by atoms with Crippen LogP contribution in [0.15, 0.2) is 42.3 Å². The molecule has 2 heterocycles. The van der Waals surface area contributed by atoms with Crippen LogP contribution < -0.4 is 5.32 Å². The van der Waals surface area contributed by atoms with Crippen molar-refractivity contribution in [3.63, 3.8) is 0 Å². The number of aromatic amines is 1. The molecule has 102 valence electrons. The molecule has 20 heavy (non-hydrogen) atoms. The molecule has 0 bridgehead atoms. The molecule has 2 N–H and O–H groups in total. The second-order valence-corrected chi connectivity index (χ2v) is 4.79. The SMILES string of the molecule is CCNC(=O)C1=C(c2ccnc3[nH]ccc23)C=CCC1. The highest BCUT2D eigenvalue weighted by Gasteiger charge is 2.18. The lowest BCUT2D eigenvalue weighted by molar-refractivity contribution is -0.117. The topological polar surface area (TPSA) is 57.8 Å². The monoisotopic (exact) mass is 267 g/mol. The van der Waals surface area contributed by atoms with Gasteiger partial charge in [-0.05, 0) is 43.0 Å². The maximum absolute atomic E-state index is 12.2. The smallest absolute Gasteiger partial charge is 0.247 e. The average Bonchev–Trinajstić information content (AvgIpc) is 2.96. The molecule has 0 radical (unpaired) electrons. The van der Waals surface area contributed by atoms with Gasteiger partial charge in [-0.15, -0.1) is 0 Å². The van der Waals surface area contributed by atoms with E-state index in [1.807, 2.05) is 25.3 Å². The van der Waals surface area contributed by atoms with Gasteiger partial charge in [0.15, 0.2) is 0 Å². The number of hydrogen-bond acceptors (Lipinski definition) is 2. The summed E-state index contributed by atoms with van der Waals surface area (Å²) in [6, 6.07) is 3.98. The standard InChI is InChI=1S/C16H17N3O/c1-2-17-16(20)14-6-4-3-5-11(14)12-7-9-18-15-13(12)8-10-19-15/h3,5,7-10H,2,4,6H2,1H3,(H,17,20)(H,18,19). The minimum atomic E-state index is 0.0346. The summed E-state index contributed by atoms with van der Waals surface area (Å²) < 4.78 is 0. The van der Waals surface area contributed by atoms with Crippen LogP contribution in [0.4, 0.5) is 0 Å². The van der Waals surface area contributed by atoms with Crippen molar-refractivity contribution < 1.29 is 4.79 Å². The third-order valence-electron chi connectivity index (χ3n) is 3.53. The fourth-order valence-corrected chi connectivity index (χ4v) is 2.62. The van der Waals surface area contributed by atoms with E-state index in [1.54, 1.807) is 6.20 Å². The van der Waals surface area contributed by atoms with E-state index in [0.29, 0.717) is 6.54 Å². The maximum atomic E-state index is 12.2. The van der Waals surface area contributed by atoms with Crippen LogP contribution in [0.25, 0.3) is 16.6 Å². The highest BCUT2D eigenvalue weighted by atomic mass is 16.1. The first-order valence-corrected chi connectivity index (χ1v) is 6.91. The predicted octanol–water partition coefficient (Wildman–Crippen LogP) is 2.80. The Kier molecular flexibility index (Phi) is 3.37. The Bertz CT molecular complexity index is 709. The number of amides is 1. The third-order valence-corrected chi connectivity index (χ3v) is 3.53. The molecule has 2 aromatic rings. The predicted molar refractivity (Wildman–Crippen MR) is 80.1 cm³/mol. The number of pyridine rings is 1. The van der Waals surface area contributed by atoms with Gasteiger partial charge in [0.2, 0.25) is 5.91 Å². The molecule has 1 amide bonds. The molecule has 0 fully saturated rings. The molecular weight excluding hydrogens is 250 g/mol. The maximum Gasteiger partial charge on any atom is 0.247 e. The molecule has 0 atom stereocenters. The van der Waals surface area contributed by atoms with Crippen LogP contribution in [0.5, 0.6) is 0 Å². The molecule has 4 nitrogen and oxygen atoms in total. The number of aromatic nitrogens is 2. The second-order valence-electron chi connectivity index (χ2n) is 4.79. The van der Waals surface area contributed by atoms with Crippen LogP contribution in [0.3, 0.4) is 0 Å². The number of allylic oxidation sites excluding steroid dienone is 3. The van der Waals surface area contributed by atoms with Gasteiger partial charge < -0.3 is 10.3 Å². The number of nitrogens with zero attached hydrogens (tertiary/aromatic N) is 1. The minimum Gasteiger partial charge on any atom is -0.353 e. The Morgan fingerprint density at radius 2 is 2.35 bits per heavy atom. The first-order chi connectivity index (χ1) is 9.81. The van der Waals surface area contributed by atoms with Gasteiger partial charge in [-0.25, -0.2) is 4.98 Å². The van der Waals surface area contributed by atoms with Crippen molar-refractivity contribution in [2.24, 2.45) is 0 Å². The summed E-state index contributed by atoms with van der Waals surface area (Å²) in [4.78, 5) is 19.6. The summed E-state index contributed by atoms with van der Waals surface area (Å²) in [5.74, 6) is 0.0346. The van der Waals surface area contributed by atoms with Gasteiger partial charge in [-0.1, -0.05) is 12.2 Å². The number of H-pyrrole nitrogens is 1. The highest BCUT2D eigenvalue weighted by Crippen LogP contribution is 2.31. The molecule has 0 aliphatic heterocycles. The molecule has 4 heteroatoms. The largest absolute Gasteiger partial charge is 0.353 e. The number of rotatable bonds is 3. The average molecular weight is 267 g/mol. The molecule has 2 aromatic heterocycles. The van der Waals surface area contributed by atoms with Gasteiger partial charge in [0, 0.05) is 29.9 Å². The van der Waals surface area contributed by atoms with Gasteiger partial charge in [0.05, 0.1) is 0 Å². The van der Waals surface area contributed by atoms with Crippen LogP contribution in [-0.2, 0) is 4.79 Å². The second kappa shape index (κ2) is 5.33. The first kappa shape index (κ1) is 12.7. The number of hydrogen-bond donors (Lipinski definition) is 2. The normalized spacial score (nSPS) is 14.8. The van der Waals surface area contributed by atoms with Crippen molar-refractivity contribution in [1.82, 2.24) is 15.3 Å². The van der Waals surface area contributed by atoms with E-state index in [4.69, 9.17) is 0 Å². The Morgan fingerprint density at radius 1 is 1.45 bits per heavy atom. The van der Waals surface area contributed by atoms with E-state index >= 15 is 0 Å². The highest BCUT2D eigenvalue weighted by molar-refractivity contribution is 6.06.